The fourth-order valence-corrected chi connectivity index (χ4v) is 4.22. The van der Waals surface area contributed by atoms with Gasteiger partial charge in [-0.2, -0.15) is 0 Å². The minimum absolute atomic E-state index is 0.324. The van der Waals surface area contributed by atoms with Crippen LogP contribution >= 0.6 is 11.3 Å². The third kappa shape index (κ3) is 1.15. The van der Waals surface area contributed by atoms with Crippen molar-refractivity contribution in [1.29, 1.82) is 5.41 Å². The van der Waals surface area contributed by atoms with Crippen LogP contribution in [-0.2, 0) is 16.8 Å². The molecule has 1 aromatic carbocycles. The monoisotopic (exact) mass is 255 g/mol. The molecule has 0 saturated carbocycles. The first kappa shape index (κ1) is 10.3. The lowest BCUT2D eigenvalue weighted by Gasteiger charge is -2.33. The normalized spacial score (nSPS) is 24.8. The van der Waals surface area contributed by atoms with Crippen LogP contribution in [0.4, 0.5) is 0 Å². The Kier molecular flexibility index (Phi) is 1.98. The van der Waals surface area contributed by atoms with Gasteiger partial charge in [-0.3, -0.25) is 5.41 Å². The van der Waals surface area contributed by atoms with Crippen molar-refractivity contribution in [1.82, 2.24) is 0 Å². The van der Waals surface area contributed by atoms with Crippen molar-refractivity contribution in [3.63, 3.8) is 0 Å². The predicted octanol–water partition coefficient (Wildman–Crippen LogP) is 3.68. The van der Waals surface area contributed by atoms with Gasteiger partial charge < -0.3 is 4.74 Å². The van der Waals surface area contributed by atoms with Crippen molar-refractivity contribution in [2.75, 3.05) is 0 Å². The molecule has 1 atom stereocenters. The molecule has 90 valence electrons. The molecule has 18 heavy (non-hydrogen) atoms. The summed E-state index contributed by atoms with van der Waals surface area (Å²) in [7, 11) is 0. The molecule has 0 radical (unpaired) electrons. The van der Waals surface area contributed by atoms with Crippen molar-refractivity contribution >= 4 is 17.2 Å². The molecule has 2 heterocycles. The lowest BCUT2D eigenvalue weighted by molar-refractivity contribution is 0.0918. The topological polar surface area (TPSA) is 33.1 Å². The van der Waals surface area contributed by atoms with Gasteiger partial charge >= 0.3 is 0 Å². The van der Waals surface area contributed by atoms with E-state index < -0.39 is 0 Å². The smallest absolute Gasteiger partial charge is 0.214 e. The Bertz CT molecular complexity index is 645. The van der Waals surface area contributed by atoms with Gasteiger partial charge in [0.15, 0.2) is 5.60 Å². The van der Waals surface area contributed by atoms with E-state index in [1.54, 1.807) is 0 Å². The fraction of sp³-hybridized carbons (Fsp3) is 0.267. The summed E-state index contributed by atoms with van der Waals surface area (Å²) in [6.07, 6.45) is 3.26. The van der Waals surface area contributed by atoms with Gasteiger partial charge in [-0.25, -0.2) is 0 Å². The van der Waals surface area contributed by atoms with Gasteiger partial charge in [0.05, 0.1) is 0 Å². The Morgan fingerprint density at radius 2 is 2.06 bits per heavy atom. The molecule has 0 fully saturated rings. The molecule has 1 aliphatic heterocycles. The largest absolute Gasteiger partial charge is 0.461 e. The van der Waals surface area contributed by atoms with Crippen molar-refractivity contribution in [3.8, 4) is 0 Å². The van der Waals surface area contributed by atoms with Crippen molar-refractivity contribution in [3.05, 3.63) is 57.3 Å². The average molecular weight is 255 g/mol. The maximum Gasteiger partial charge on any atom is 0.214 e. The van der Waals surface area contributed by atoms with Gasteiger partial charge in [0.1, 0.15) is 0 Å². The third-order valence-corrected chi connectivity index (χ3v) is 4.98. The number of hydrogen-bond donors (Lipinski definition) is 1. The summed E-state index contributed by atoms with van der Waals surface area (Å²) < 4.78 is 6.04. The Morgan fingerprint density at radius 3 is 3.00 bits per heavy atom. The van der Waals surface area contributed by atoms with Crippen LogP contribution in [0.1, 0.15) is 34.4 Å². The van der Waals surface area contributed by atoms with Crippen LogP contribution in [0.15, 0.2) is 35.7 Å². The highest BCUT2D eigenvalue weighted by Crippen LogP contribution is 2.50. The molecule has 2 aromatic rings. The summed E-state index contributed by atoms with van der Waals surface area (Å²) >= 11 is 1.81. The molecule has 1 aromatic heterocycles. The number of rotatable bonds is 0. The zero-order valence-corrected chi connectivity index (χ0v) is 10.7. The molecule has 2 aliphatic rings. The minimum Gasteiger partial charge on any atom is -0.461 e. The summed E-state index contributed by atoms with van der Waals surface area (Å²) in [4.78, 5) is 1.42. The molecule has 1 N–H and O–H groups in total. The first-order chi connectivity index (χ1) is 8.81. The summed E-state index contributed by atoms with van der Waals surface area (Å²) in [5.74, 6) is 0.324. The van der Waals surface area contributed by atoms with Gasteiger partial charge in [0.2, 0.25) is 5.90 Å². The van der Waals surface area contributed by atoms with E-state index in [4.69, 9.17) is 10.1 Å². The van der Waals surface area contributed by atoms with Crippen molar-refractivity contribution < 1.29 is 4.74 Å². The summed E-state index contributed by atoms with van der Waals surface area (Å²) in [6, 6.07) is 10.3. The van der Waals surface area contributed by atoms with Crippen molar-refractivity contribution in [2.45, 2.75) is 24.9 Å². The van der Waals surface area contributed by atoms with E-state index in [1.807, 2.05) is 29.5 Å². The predicted molar refractivity (Wildman–Crippen MR) is 72.4 cm³/mol. The van der Waals surface area contributed by atoms with E-state index >= 15 is 0 Å². The van der Waals surface area contributed by atoms with E-state index in [0.29, 0.717) is 5.90 Å². The van der Waals surface area contributed by atoms with E-state index in [1.165, 1.54) is 16.0 Å². The SMILES string of the molecule is N=C1OC2(CCCc3sccc32)c2ccccc21. The van der Waals surface area contributed by atoms with Gasteiger partial charge in [-0.1, -0.05) is 18.2 Å². The fourth-order valence-electron chi connectivity index (χ4n) is 3.23. The third-order valence-electron chi connectivity index (χ3n) is 4.00. The molecular weight excluding hydrogens is 242 g/mol. The number of fused-ring (bicyclic) bond motifs is 4. The first-order valence-corrected chi connectivity index (χ1v) is 7.13. The highest BCUT2D eigenvalue weighted by Gasteiger charge is 2.47. The first-order valence-electron chi connectivity index (χ1n) is 6.25. The summed E-state index contributed by atoms with van der Waals surface area (Å²) in [6.45, 7) is 0. The molecule has 4 rings (SSSR count). The van der Waals surface area contributed by atoms with Gasteiger partial charge in [0.25, 0.3) is 0 Å². The Morgan fingerprint density at radius 1 is 1.17 bits per heavy atom. The minimum atomic E-state index is -0.374. The van der Waals surface area contributed by atoms with E-state index in [-0.39, 0.29) is 5.60 Å². The van der Waals surface area contributed by atoms with Crippen LogP contribution in [0.2, 0.25) is 0 Å². The zero-order valence-electron chi connectivity index (χ0n) is 9.90. The van der Waals surface area contributed by atoms with Gasteiger partial charge in [-0.05, 0) is 36.8 Å². The molecule has 1 unspecified atom stereocenters. The quantitative estimate of drug-likeness (QED) is 0.765. The number of benzene rings is 1. The van der Waals surface area contributed by atoms with Crippen LogP contribution in [0.25, 0.3) is 0 Å². The molecular formula is C15H13NOS. The standard InChI is InChI=1S/C15H13NOS/c16-14-10-4-1-2-5-11(10)15(17-14)8-3-6-13-12(15)7-9-18-13/h1-2,4-5,7,9,16H,3,6,8H2. The molecule has 1 aliphatic carbocycles. The Hall–Kier alpha value is -1.61. The molecule has 1 spiro atoms. The highest BCUT2D eigenvalue weighted by atomic mass is 32.1. The maximum absolute atomic E-state index is 8.07. The second-order valence-electron chi connectivity index (χ2n) is 4.91. The molecule has 3 heteroatoms. The Balaban J connectivity index is 2.01. The second-order valence-corrected chi connectivity index (χ2v) is 5.92. The summed E-state index contributed by atoms with van der Waals surface area (Å²) in [5, 5.41) is 10.2. The van der Waals surface area contributed by atoms with E-state index in [2.05, 4.69) is 17.5 Å². The highest BCUT2D eigenvalue weighted by molar-refractivity contribution is 7.10. The van der Waals surface area contributed by atoms with Crippen LogP contribution in [0.5, 0.6) is 0 Å². The van der Waals surface area contributed by atoms with E-state index in [9.17, 15) is 0 Å². The maximum atomic E-state index is 8.07. The number of thiophene rings is 1. The van der Waals surface area contributed by atoms with Crippen LogP contribution in [0, 0.1) is 5.41 Å². The number of aryl methyl sites for hydroxylation is 1. The zero-order chi connectivity index (χ0) is 12.2. The van der Waals surface area contributed by atoms with Gasteiger partial charge in [-0.15, -0.1) is 11.3 Å². The number of ether oxygens (including phenoxy) is 1. The molecule has 0 saturated heterocycles. The lowest BCUT2D eigenvalue weighted by Crippen LogP contribution is -2.31. The number of hydrogen-bond acceptors (Lipinski definition) is 3. The second kappa shape index (κ2) is 3.45. The lowest BCUT2D eigenvalue weighted by atomic mass is 9.78. The van der Waals surface area contributed by atoms with Crippen LogP contribution in [-0.4, -0.2) is 5.90 Å². The Labute approximate surface area is 110 Å². The molecule has 2 nitrogen and oxygen atoms in total. The van der Waals surface area contributed by atoms with E-state index in [0.717, 1.165) is 24.8 Å². The van der Waals surface area contributed by atoms with Crippen molar-refractivity contribution in [2.24, 2.45) is 0 Å². The van der Waals surface area contributed by atoms with Crippen LogP contribution in [0.3, 0.4) is 0 Å². The van der Waals surface area contributed by atoms with Gasteiger partial charge in [0, 0.05) is 21.6 Å². The molecule has 0 amide bonds. The van der Waals surface area contributed by atoms with Crippen LogP contribution < -0.4 is 0 Å². The average Bonchev–Trinajstić information content (AvgIpc) is 2.97. The molecule has 0 bridgehead atoms. The number of nitrogens with one attached hydrogen (secondary N) is 1. The summed E-state index contributed by atoms with van der Waals surface area (Å²) in [5.41, 5.74) is 3.04.